The van der Waals surface area contributed by atoms with E-state index < -0.39 is 0 Å². The van der Waals surface area contributed by atoms with Gasteiger partial charge in [0.05, 0.1) is 11.2 Å². The molecule has 0 aromatic rings. The summed E-state index contributed by atoms with van der Waals surface area (Å²) in [5.74, 6) is 0. The molecule has 15 heavy (non-hydrogen) atoms. The molecule has 2 rings (SSSR count). The summed E-state index contributed by atoms with van der Waals surface area (Å²) in [6.45, 7) is 8.34. The Morgan fingerprint density at radius 1 is 1.13 bits per heavy atom. The summed E-state index contributed by atoms with van der Waals surface area (Å²) in [6.07, 6.45) is 4.19. The van der Waals surface area contributed by atoms with Gasteiger partial charge in [-0.25, -0.2) is 0 Å². The van der Waals surface area contributed by atoms with Crippen LogP contribution in [-0.2, 0) is 9.31 Å². The third kappa shape index (κ3) is 2.12. The fraction of sp³-hybridized carbons (Fsp3) is 0.545. The van der Waals surface area contributed by atoms with Gasteiger partial charge in [0.1, 0.15) is 0 Å². The molecular formula is C11H16BIO2. The van der Waals surface area contributed by atoms with Crippen LogP contribution in [0.5, 0.6) is 0 Å². The SMILES string of the molecule is CC1(C)OB(C2=CI=CC=C2)OC1(C)C. The number of halogens is 1. The van der Waals surface area contributed by atoms with Gasteiger partial charge in [-0.1, -0.05) is 32.9 Å². The molecule has 0 N–H and O–H groups in total. The summed E-state index contributed by atoms with van der Waals surface area (Å²) >= 11 is 0.0598. The predicted molar refractivity (Wildman–Crippen MR) is 73.4 cm³/mol. The molecule has 2 aliphatic heterocycles. The van der Waals surface area contributed by atoms with E-state index in [0.717, 1.165) is 0 Å². The lowest BCUT2D eigenvalue weighted by molar-refractivity contribution is 0.00578. The summed E-state index contributed by atoms with van der Waals surface area (Å²) < 4.78 is 16.4. The number of hydrogen-bond acceptors (Lipinski definition) is 2. The molecule has 0 amide bonds. The van der Waals surface area contributed by atoms with Crippen molar-refractivity contribution in [2.75, 3.05) is 0 Å². The van der Waals surface area contributed by atoms with E-state index in [1.54, 1.807) is 0 Å². The van der Waals surface area contributed by atoms with Crippen molar-refractivity contribution in [3.8, 4) is 0 Å². The zero-order valence-electron chi connectivity index (χ0n) is 9.58. The van der Waals surface area contributed by atoms with Crippen molar-refractivity contribution in [1.29, 1.82) is 0 Å². The van der Waals surface area contributed by atoms with E-state index in [0.29, 0.717) is 0 Å². The molecule has 0 radical (unpaired) electrons. The Kier molecular flexibility index (Phi) is 2.94. The number of rotatable bonds is 1. The average molecular weight is 318 g/mol. The molecule has 2 nitrogen and oxygen atoms in total. The first kappa shape index (κ1) is 11.5. The normalized spacial score (nSPS) is 27.5. The molecule has 0 aliphatic carbocycles. The summed E-state index contributed by atoms with van der Waals surface area (Å²) in [5, 5.41) is 0. The fourth-order valence-electron chi connectivity index (χ4n) is 1.44. The summed E-state index contributed by atoms with van der Waals surface area (Å²) in [5.41, 5.74) is 0.724. The van der Waals surface area contributed by atoms with Crippen LogP contribution >= 0.6 is 20.7 Å². The lowest BCUT2D eigenvalue weighted by Gasteiger charge is -2.32. The lowest BCUT2D eigenvalue weighted by atomic mass is 9.79. The molecule has 0 unspecified atom stereocenters. The third-order valence-electron chi connectivity index (χ3n) is 3.15. The van der Waals surface area contributed by atoms with Gasteiger partial charge in [0.25, 0.3) is 0 Å². The number of allylic oxidation sites excluding steroid dienone is 3. The zero-order valence-corrected chi connectivity index (χ0v) is 11.7. The molecule has 0 aromatic heterocycles. The maximum absolute atomic E-state index is 5.97. The molecule has 2 heterocycles. The second-order valence-electron chi connectivity index (χ2n) is 4.81. The molecular weight excluding hydrogens is 302 g/mol. The molecule has 0 atom stereocenters. The fourth-order valence-corrected chi connectivity index (χ4v) is 3.02. The quantitative estimate of drug-likeness (QED) is 0.547. The van der Waals surface area contributed by atoms with Gasteiger partial charge in [-0.3, -0.25) is 0 Å². The topological polar surface area (TPSA) is 18.5 Å². The van der Waals surface area contributed by atoms with E-state index in [1.165, 1.54) is 5.47 Å². The van der Waals surface area contributed by atoms with Crippen LogP contribution in [0.3, 0.4) is 0 Å². The molecule has 4 heteroatoms. The monoisotopic (exact) mass is 318 g/mol. The second-order valence-corrected chi connectivity index (χ2v) is 6.87. The van der Waals surface area contributed by atoms with Crippen LogP contribution < -0.4 is 0 Å². The van der Waals surface area contributed by atoms with Crippen LogP contribution in [0, 0.1) is 0 Å². The van der Waals surface area contributed by atoms with Gasteiger partial charge in [0.15, 0.2) is 0 Å². The molecule has 0 spiro atoms. The number of hydrogen-bond donors (Lipinski definition) is 0. The largest absolute Gasteiger partial charge is 0.495 e. The molecule has 82 valence electrons. The molecule has 0 bridgehead atoms. The molecule has 0 aromatic carbocycles. The zero-order chi connectivity index (χ0) is 11.1. The summed E-state index contributed by atoms with van der Waals surface area (Å²) in [4.78, 5) is 0. The van der Waals surface area contributed by atoms with Crippen LogP contribution in [0.4, 0.5) is 0 Å². The van der Waals surface area contributed by atoms with Crippen molar-refractivity contribution in [2.24, 2.45) is 0 Å². The van der Waals surface area contributed by atoms with E-state index in [4.69, 9.17) is 9.31 Å². The highest BCUT2D eigenvalue weighted by Gasteiger charge is 2.51. The van der Waals surface area contributed by atoms with Gasteiger partial charge in [0.2, 0.25) is 0 Å². The van der Waals surface area contributed by atoms with Crippen molar-refractivity contribution in [3.05, 3.63) is 21.7 Å². The second kappa shape index (κ2) is 3.82. The Balaban J connectivity index is 2.20. The minimum absolute atomic E-state index is 0.0598. The van der Waals surface area contributed by atoms with Crippen molar-refractivity contribution in [1.82, 2.24) is 0 Å². The third-order valence-corrected chi connectivity index (χ3v) is 5.06. The Hall–Kier alpha value is 0.0649. The highest BCUT2D eigenvalue weighted by atomic mass is 127. The predicted octanol–water partition coefficient (Wildman–Crippen LogP) is 2.84. The van der Waals surface area contributed by atoms with E-state index in [-0.39, 0.29) is 39.1 Å². The van der Waals surface area contributed by atoms with Gasteiger partial charge in [-0.15, -0.1) is 0 Å². The minimum Gasteiger partial charge on any atom is -0.399 e. The molecule has 2 aliphatic rings. The Bertz CT molecular complexity index is 340. The maximum Gasteiger partial charge on any atom is 0.495 e. The van der Waals surface area contributed by atoms with Gasteiger partial charge < -0.3 is 9.31 Å². The van der Waals surface area contributed by atoms with Crippen LogP contribution in [0.1, 0.15) is 27.7 Å². The maximum atomic E-state index is 5.97. The van der Waals surface area contributed by atoms with E-state index in [9.17, 15) is 0 Å². The van der Waals surface area contributed by atoms with Crippen LogP contribution in [0.2, 0.25) is 0 Å². The standard InChI is InChI=1S/C11H16BIO2/c1-10(2)11(3,4)15-12(14-10)9-6-5-7-13-8-9/h5-8H,1-4H3. The minimum atomic E-state index is -0.230. The van der Waals surface area contributed by atoms with Crippen LogP contribution in [0.15, 0.2) is 21.7 Å². The van der Waals surface area contributed by atoms with Gasteiger partial charge >= 0.3 is 7.12 Å². The Morgan fingerprint density at radius 2 is 1.73 bits per heavy atom. The van der Waals surface area contributed by atoms with Crippen molar-refractivity contribution in [2.45, 2.75) is 38.9 Å². The molecule has 0 saturated carbocycles. The van der Waals surface area contributed by atoms with E-state index in [1.807, 2.05) is 0 Å². The smallest absolute Gasteiger partial charge is 0.399 e. The van der Waals surface area contributed by atoms with Gasteiger partial charge in [-0.2, -0.15) is 0 Å². The van der Waals surface area contributed by atoms with E-state index in [2.05, 4.69) is 47.9 Å². The molecule has 1 saturated heterocycles. The first-order valence-electron chi connectivity index (χ1n) is 5.10. The Morgan fingerprint density at radius 3 is 2.20 bits per heavy atom. The summed E-state index contributed by atoms with van der Waals surface area (Å²) in [6, 6.07) is 0. The lowest BCUT2D eigenvalue weighted by Crippen LogP contribution is -2.41. The van der Waals surface area contributed by atoms with Crippen LogP contribution in [-0.4, -0.2) is 22.3 Å². The highest BCUT2D eigenvalue weighted by molar-refractivity contribution is 14.2. The van der Waals surface area contributed by atoms with Crippen LogP contribution in [0.25, 0.3) is 0 Å². The summed E-state index contributed by atoms with van der Waals surface area (Å²) in [7, 11) is -0.181. The van der Waals surface area contributed by atoms with E-state index >= 15 is 0 Å². The average Bonchev–Trinajstić information content (AvgIpc) is 2.38. The highest BCUT2D eigenvalue weighted by Crippen LogP contribution is 2.39. The first-order valence-corrected chi connectivity index (χ1v) is 7.59. The Labute approximate surface area is 102 Å². The first-order chi connectivity index (χ1) is 6.92. The van der Waals surface area contributed by atoms with Crippen molar-refractivity contribution >= 4 is 31.9 Å². The molecule has 1 fully saturated rings. The van der Waals surface area contributed by atoms with Gasteiger partial charge in [-0.05, 0) is 41.3 Å². The van der Waals surface area contributed by atoms with Crippen molar-refractivity contribution < 1.29 is 9.31 Å². The van der Waals surface area contributed by atoms with Crippen molar-refractivity contribution in [3.63, 3.8) is 0 Å². The van der Waals surface area contributed by atoms with Gasteiger partial charge in [0, 0.05) is 0 Å².